The van der Waals surface area contributed by atoms with Gasteiger partial charge in [0.1, 0.15) is 0 Å². The zero-order valence-corrected chi connectivity index (χ0v) is 10.3. The van der Waals surface area contributed by atoms with Gasteiger partial charge in [0.25, 0.3) is 0 Å². The average molecular weight is 258 g/mol. The molecule has 0 heterocycles. The van der Waals surface area contributed by atoms with E-state index in [4.69, 9.17) is 16.9 Å². The second-order valence-corrected chi connectivity index (χ2v) is 4.15. The molecule has 0 bridgehead atoms. The van der Waals surface area contributed by atoms with Crippen LogP contribution in [0.4, 0.5) is 5.69 Å². The molecule has 0 spiro atoms. The van der Waals surface area contributed by atoms with Gasteiger partial charge in [-0.25, -0.2) is 4.99 Å². The molecule has 3 nitrogen and oxygen atoms in total. The first-order valence-electron chi connectivity index (χ1n) is 3.94. The standard InChI is InChI=1S/C9H8ClN3S2/c1-15-9(12-5-11)13-8-6(10)3-2-4-7(8)14/h2-4,14H,1H3,(H,12,13). The first-order chi connectivity index (χ1) is 7.19. The molecule has 15 heavy (non-hydrogen) atoms. The highest BCUT2D eigenvalue weighted by atomic mass is 35.5. The van der Waals surface area contributed by atoms with Crippen molar-refractivity contribution in [2.45, 2.75) is 4.90 Å². The second kappa shape index (κ2) is 5.91. The highest BCUT2D eigenvalue weighted by Gasteiger charge is 2.04. The fourth-order valence-electron chi connectivity index (χ4n) is 0.889. The first kappa shape index (κ1) is 12.2. The molecule has 0 aliphatic carbocycles. The molecule has 0 amide bonds. The summed E-state index contributed by atoms with van der Waals surface area (Å²) in [4.78, 5) is 4.88. The van der Waals surface area contributed by atoms with E-state index in [0.717, 1.165) is 0 Å². The number of nitriles is 1. The molecule has 0 aliphatic rings. The molecule has 0 aliphatic heterocycles. The van der Waals surface area contributed by atoms with Gasteiger partial charge in [-0.15, -0.1) is 12.6 Å². The Hall–Kier alpha value is -0.830. The lowest BCUT2D eigenvalue weighted by Gasteiger charge is -2.04. The van der Waals surface area contributed by atoms with Gasteiger partial charge in [0.15, 0.2) is 11.4 Å². The second-order valence-electron chi connectivity index (χ2n) is 2.47. The van der Waals surface area contributed by atoms with Crippen LogP contribution in [0.3, 0.4) is 0 Å². The number of nitrogens with zero attached hydrogens (tertiary/aromatic N) is 2. The Bertz CT molecular complexity index is 406. The van der Waals surface area contributed by atoms with Crippen molar-refractivity contribution in [2.75, 3.05) is 6.26 Å². The Morgan fingerprint density at radius 3 is 2.93 bits per heavy atom. The van der Waals surface area contributed by atoms with E-state index in [9.17, 15) is 0 Å². The molecule has 0 aromatic heterocycles. The molecule has 78 valence electrons. The molecule has 1 N–H and O–H groups in total. The van der Waals surface area contributed by atoms with Crippen LogP contribution in [0, 0.1) is 11.5 Å². The molecule has 1 aromatic carbocycles. The van der Waals surface area contributed by atoms with Crippen LogP contribution in [0.1, 0.15) is 0 Å². The number of aliphatic imine (C=N–C) groups is 1. The van der Waals surface area contributed by atoms with Crippen LogP contribution in [0.5, 0.6) is 0 Å². The quantitative estimate of drug-likeness (QED) is 0.267. The van der Waals surface area contributed by atoms with Gasteiger partial charge in [0.2, 0.25) is 0 Å². The molecule has 0 atom stereocenters. The highest BCUT2D eigenvalue weighted by molar-refractivity contribution is 8.13. The van der Waals surface area contributed by atoms with E-state index in [1.807, 2.05) is 12.4 Å². The number of hydrogen-bond acceptors (Lipinski definition) is 4. The number of benzene rings is 1. The monoisotopic (exact) mass is 257 g/mol. The largest absolute Gasteiger partial charge is 0.271 e. The lowest BCUT2D eigenvalue weighted by atomic mass is 10.3. The summed E-state index contributed by atoms with van der Waals surface area (Å²) in [6.45, 7) is 0. The SMILES string of the molecule is CSC(=Nc1c(S)cccc1Cl)NC#N. The van der Waals surface area contributed by atoms with Crippen molar-refractivity contribution >= 4 is 46.8 Å². The fraction of sp³-hybridized carbons (Fsp3) is 0.111. The molecular weight excluding hydrogens is 250 g/mol. The van der Waals surface area contributed by atoms with Gasteiger partial charge < -0.3 is 0 Å². The van der Waals surface area contributed by atoms with Gasteiger partial charge in [0.05, 0.1) is 10.7 Å². The van der Waals surface area contributed by atoms with Crippen molar-refractivity contribution in [3.63, 3.8) is 0 Å². The predicted molar refractivity (Wildman–Crippen MR) is 68.1 cm³/mol. The van der Waals surface area contributed by atoms with Crippen LogP contribution in [0.25, 0.3) is 0 Å². The third-order valence-corrected chi connectivity index (χ3v) is 2.78. The third-order valence-electron chi connectivity index (χ3n) is 1.54. The van der Waals surface area contributed by atoms with E-state index in [1.54, 1.807) is 18.2 Å². The maximum Gasteiger partial charge on any atom is 0.183 e. The fourth-order valence-corrected chi connectivity index (χ4v) is 1.76. The lowest BCUT2D eigenvalue weighted by molar-refractivity contribution is 1.27. The van der Waals surface area contributed by atoms with E-state index in [0.29, 0.717) is 20.8 Å². The van der Waals surface area contributed by atoms with Crippen molar-refractivity contribution in [3.8, 4) is 6.19 Å². The maximum atomic E-state index is 8.48. The zero-order valence-electron chi connectivity index (χ0n) is 7.86. The van der Waals surface area contributed by atoms with Crippen molar-refractivity contribution < 1.29 is 0 Å². The molecule has 0 radical (unpaired) electrons. The Labute approximate surface area is 103 Å². The van der Waals surface area contributed by atoms with Crippen LogP contribution < -0.4 is 5.32 Å². The summed E-state index contributed by atoms with van der Waals surface area (Å²) in [7, 11) is 0. The van der Waals surface area contributed by atoms with E-state index in [2.05, 4.69) is 22.9 Å². The molecule has 6 heteroatoms. The first-order valence-corrected chi connectivity index (χ1v) is 5.99. The number of nitrogens with one attached hydrogen (secondary N) is 1. The van der Waals surface area contributed by atoms with Gasteiger partial charge in [0, 0.05) is 4.90 Å². The van der Waals surface area contributed by atoms with E-state index >= 15 is 0 Å². The smallest absolute Gasteiger partial charge is 0.183 e. The number of halogens is 1. The molecular formula is C9H8ClN3S2. The van der Waals surface area contributed by atoms with Crippen LogP contribution in [0.2, 0.25) is 5.02 Å². The van der Waals surface area contributed by atoms with Crippen molar-refractivity contribution in [1.29, 1.82) is 5.26 Å². The summed E-state index contributed by atoms with van der Waals surface area (Å²) in [5.41, 5.74) is 0.564. The van der Waals surface area contributed by atoms with Crippen molar-refractivity contribution in [3.05, 3.63) is 23.2 Å². The Morgan fingerprint density at radius 2 is 2.40 bits per heavy atom. The van der Waals surface area contributed by atoms with Crippen LogP contribution in [-0.4, -0.2) is 11.4 Å². The lowest BCUT2D eigenvalue weighted by Crippen LogP contribution is -2.12. The molecule has 0 unspecified atom stereocenters. The van der Waals surface area contributed by atoms with Gasteiger partial charge >= 0.3 is 0 Å². The topological polar surface area (TPSA) is 48.2 Å². The summed E-state index contributed by atoms with van der Waals surface area (Å²) in [5, 5.41) is 11.9. The van der Waals surface area contributed by atoms with Crippen molar-refractivity contribution in [1.82, 2.24) is 5.32 Å². The van der Waals surface area contributed by atoms with Crippen LogP contribution in [-0.2, 0) is 0 Å². The molecule has 0 saturated carbocycles. The predicted octanol–water partition coefficient (Wildman–Crippen LogP) is 3.05. The van der Waals surface area contributed by atoms with Gasteiger partial charge in [-0.3, -0.25) is 5.32 Å². The van der Waals surface area contributed by atoms with E-state index in [1.165, 1.54) is 11.8 Å². The highest BCUT2D eigenvalue weighted by Crippen LogP contribution is 2.31. The molecule has 0 fully saturated rings. The zero-order chi connectivity index (χ0) is 11.3. The minimum absolute atomic E-state index is 0.487. The minimum Gasteiger partial charge on any atom is -0.271 e. The summed E-state index contributed by atoms with van der Waals surface area (Å²) < 4.78 is 0. The average Bonchev–Trinajstić information content (AvgIpc) is 2.22. The summed E-state index contributed by atoms with van der Waals surface area (Å²) in [6, 6.07) is 5.31. The van der Waals surface area contributed by atoms with Gasteiger partial charge in [-0.2, -0.15) is 5.26 Å². The number of para-hydroxylation sites is 1. The van der Waals surface area contributed by atoms with Crippen LogP contribution in [0.15, 0.2) is 28.1 Å². The summed E-state index contributed by atoms with van der Waals surface area (Å²) in [6.07, 6.45) is 3.63. The number of amidine groups is 1. The molecule has 1 aromatic rings. The Morgan fingerprint density at radius 1 is 1.67 bits per heavy atom. The van der Waals surface area contributed by atoms with Crippen LogP contribution >= 0.6 is 36.0 Å². The van der Waals surface area contributed by atoms with E-state index in [-0.39, 0.29) is 0 Å². The minimum atomic E-state index is 0.487. The molecule has 1 rings (SSSR count). The normalized spacial score (nSPS) is 10.9. The van der Waals surface area contributed by atoms with Crippen molar-refractivity contribution in [2.24, 2.45) is 4.99 Å². The van der Waals surface area contributed by atoms with E-state index < -0.39 is 0 Å². The Kier molecular flexibility index (Phi) is 4.82. The van der Waals surface area contributed by atoms with Gasteiger partial charge in [-0.1, -0.05) is 29.4 Å². The number of rotatable bonds is 1. The maximum absolute atomic E-state index is 8.48. The Balaban J connectivity index is 3.11. The summed E-state index contributed by atoms with van der Waals surface area (Å²) in [5.74, 6) is 0. The number of thioether (sulfide) groups is 1. The number of thiol groups is 1. The third kappa shape index (κ3) is 3.34. The van der Waals surface area contributed by atoms with Gasteiger partial charge in [-0.05, 0) is 18.4 Å². The summed E-state index contributed by atoms with van der Waals surface area (Å²) >= 11 is 11.5. The molecule has 0 saturated heterocycles. The number of hydrogen-bond donors (Lipinski definition) is 2.